The van der Waals surface area contributed by atoms with Crippen molar-refractivity contribution in [2.45, 2.75) is 25.8 Å². The number of aromatic nitrogens is 2. The highest BCUT2D eigenvalue weighted by atomic mass is 35.5. The highest BCUT2D eigenvalue weighted by Crippen LogP contribution is 2.28. The molecule has 3 aromatic rings. The predicted octanol–water partition coefficient (Wildman–Crippen LogP) is 5.60. The van der Waals surface area contributed by atoms with E-state index in [9.17, 15) is 13.2 Å². The lowest BCUT2D eigenvalue weighted by Gasteiger charge is -2.05. The zero-order chi connectivity index (χ0) is 19.4. The average Bonchev–Trinajstić information content (AvgIpc) is 3.23. The minimum Gasteiger partial charge on any atom is -0.458 e. The van der Waals surface area contributed by atoms with Gasteiger partial charge >= 0.3 is 5.92 Å². The third-order valence-corrected chi connectivity index (χ3v) is 4.14. The van der Waals surface area contributed by atoms with Gasteiger partial charge in [-0.15, -0.1) is 0 Å². The van der Waals surface area contributed by atoms with Crippen LogP contribution in [0.4, 0.5) is 19.0 Å². The maximum absolute atomic E-state index is 13.7. The molecule has 0 saturated heterocycles. The molecule has 2 aromatic heterocycles. The van der Waals surface area contributed by atoms with Crippen LogP contribution in [0.3, 0.4) is 0 Å². The number of anilines is 1. The Kier molecular flexibility index (Phi) is 5.60. The average molecular weight is 396 g/mol. The van der Waals surface area contributed by atoms with Crippen molar-refractivity contribution < 1.29 is 17.6 Å². The fourth-order valence-corrected chi connectivity index (χ4v) is 2.67. The summed E-state index contributed by atoms with van der Waals surface area (Å²) >= 11 is 5.97. The number of benzene rings is 1. The van der Waals surface area contributed by atoms with E-state index in [1.807, 2.05) is 0 Å². The molecule has 27 heavy (non-hydrogen) atoms. The van der Waals surface area contributed by atoms with E-state index in [1.165, 1.54) is 18.2 Å². The number of alkyl halides is 2. The zero-order valence-corrected chi connectivity index (χ0v) is 15.2. The molecule has 0 amide bonds. The Balaban J connectivity index is 1.56. The van der Waals surface area contributed by atoms with Crippen LogP contribution < -0.4 is 5.32 Å². The molecule has 0 radical (unpaired) electrons. The van der Waals surface area contributed by atoms with Gasteiger partial charge in [-0.2, -0.15) is 13.9 Å². The van der Waals surface area contributed by atoms with Crippen molar-refractivity contribution >= 4 is 17.4 Å². The molecule has 0 spiro atoms. The van der Waals surface area contributed by atoms with Crippen molar-refractivity contribution in [3.8, 4) is 0 Å². The molecule has 3 rings (SSSR count). The predicted molar refractivity (Wildman–Crippen MR) is 97.5 cm³/mol. The second kappa shape index (κ2) is 7.92. The van der Waals surface area contributed by atoms with Crippen LogP contribution in [0.1, 0.15) is 24.0 Å². The van der Waals surface area contributed by atoms with Crippen LogP contribution in [-0.2, 0) is 18.9 Å². The van der Waals surface area contributed by atoms with Gasteiger partial charge in [0.1, 0.15) is 11.6 Å². The quantitative estimate of drug-likeness (QED) is 0.566. The third kappa shape index (κ3) is 4.95. The molecule has 1 aromatic carbocycles. The van der Waals surface area contributed by atoms with Gasteiger partial charge in [0.25, 0.3) is 0 Å². The monoisotopic (exact) mass is 395 g/mol. The molecule has 1 N–H and O–H groups in total. The van der Waals surface area contributed by atoms with Crippen LogP contribution in [0.25, 0.3) is 0 Å². The molecule has 8 heteroatoms. The third-order valence-electron chi connectivity index (χ3n) is 3.79. The summed E-state index contributed by atoms with van der Waals surface area (Å²) in [5, 5.41) is 7.60. The summed E-state index contributed by atoms with van der Waals surface area (Å²) in [5.41, 5.74) is 0.420. The van der Waals surface area contributed by atoms with Crippen LogP contribution >= 0.6 is 11.6 Å². The topological polar surface area (TPSA) is 43.0 Å². The summed E-state index contributed by atoms with van der Waals surface area (Å²) in [6.07, 6.45) is 5.39. The van der Waals surface area contributed by atoms with Crippen molar-refractivity contribution in [2.75, 3.05) is 5.32 Å². The highest BCUT2D eigenvalue weighted by Gasteiger charge is 2.28. The molecule has 0 aliphatic carbocycles. The Morgan fingerprint density at radius 3 is 2.78 bits per heavy atom. The number of allylic oxidation sites excluding steroid dienone is 1. The number of furan rings is 1. The molecule has 0 unspecified atom stereocenters. The summed E-state index contributed by atoms with van der Waals surface area (Å²) in [6.45, 7) is 1.01. The van der Waals surface area contributed by atoms with Crippen molar-refractivity contribution in [2.24, 2.45) is 0 Å². The Morgan fingerprint density at radius 2 is 2.07 bits per heavy atom. The molecule has 2 heterocycles. The summed E-state index contributed by atoms with van der Waals surface area (Å²) in [6, 6.07) is 9.03. The van der Waals surface area contributed by atoms with Crippen LogP contribution in [0, 0.1) is 5.82 Å². The van der Waals surface area contributed by atoms with Gasteiger partial charge in [-0.05, 0) is 36.9 Å². The lowest BCUT2D eigenvalue weighted by Crippen LogP contribution is -2.05. The first-order chi connectivity index (χ1) is 12.8. The second-order valence-corrected chi connectivity index (χ2v) is 6.41. The fourth-order valence-electron chi connectivity index (χ4n) is 2.43. The maximum Gasteiger partial charge on any atom is 0.301 e. The Morgan fingerprint density at radius 1 is 1.26 bits per heavy atom. The first-order valence-electron chi connectivity index (χ1n) is 8.18. The van der Waals surface area contributed by atoms with Gasteiger partial charge in [0.2, 0.25) is 0 Å². The van der Waals surface area contributed by atoms with E-state index in [4.69, 9.17) is 16.0 Å². The van der Waals surface area contributed by atoms with Gasteiger partial charge in [-0.1, -0.05) is 23.7 Å². The number of rotatable bonds is 7. The molecule has 0 saturated carbocycles. The summed E-state index contributed by atoms with van der Waals surface area (Å²) < 4.78 is 46.8. The van der Waals surface area contributed by atoms with E-state index in [0.717, 1.165) is 6.92 Å². The van der Waals surface area contributed by atoms with Gasteiger partial charge in [0.15, 0.2) is 11.6 Å². The number of nitrogens with one attached hydrogen (secondary N) is 1. The van der Waals surface area contributed by atoms with Crippen molar-refractivity contribution in [1.29, 1.82) is 0 Å². The van der Waals surface area contributed by atoms with Crippen LogP contribution in [-0.4, -0.2) is 9.78 Å². The Bertz CT molecular complexity index is 924. The van der Waals surface area contributed by atoms with Gasteiger partial charge in [0, 0.05) is 29.8 Å². The number of hydrogen-bond acceptors (Lipinski definition) is 3. The number of hydrogen-bond donors (Lipinski definition) is 1. The molecular weight excluding hydrogens is 379 g/mol. The minimum atomic E-state index is -3.01. The summed E-state index contributed by atoms with van der Waals surface area (Å²) in [5.74, 6) is -2.81. The van der Waals surface area contributed by atoms with Crippen LogP contribution in [0.2, 0.25) is 5.02 Å². The maximum atomic E-state index is 13.7. The molecular formula is C19H17ClF3N3O. The molecule has 0 atom stereocenters. The summed E-state index contributed by atoms with van der Waals surface area (Å²) in [4.78, 5) is 0. The lowest BCUT2D eigenvalue weighted by molar-refractivity contribution is -0.00636. The smallest absolute Gasteiger partial charge is 0.301 e. The normalized spacial score (nSPS) is 12.0. The first-order valence-corrected chi connectivity index (χ1v) is 8.55. The number of halogens is 4. The second-order valence-electron chi connectivity index (χ2n) is 6.00. The molecule has 0 fully saturated rings. The van der Waals surface area contributed by atoms with E-state index < -0.39 is 5.92 Å². The molecule has 4 nitrogen and oxygen atoms in total. The van der Waals surface area contributed by atoms with Gasteiger partial charge in [-0.25, -0.2) is 4.39 Å². The SMILES string of the molecule is CC(F)(F)c1ccc(Cn2ccc(N/C=C/Cc3c(F)cccc3Cl)n2)o1. The van der Waals surface area contributed by atoms with Gasteiger partial charge in [0.05, 0.1) is 6.54 Å². The largest absolute Gasteiger partial charge is 0.458 e. The van der Waals surface area contributed by atoms with E-state index >= 15 is 0 Å². The summed E-state index contributed by atoms with van der Waals surface area (Å²) in [7, 11) is 0. The first kappa shape index (κ1) is 19.1. The Labute approximate surface area is 159 Å². The standard InChI is InChI=1S/C19H17ClF3N3O/c1-19(22,23)17-8-7-13(27-17)12-26-11-9-18(25-26)24-10-3-4-14-15(20)5-2-6-16(14)21/h2-3,5-11H,4,12H2,1H3,(H,24,25)/b10-3+. The van der Waals surface area contributed by atoms with E-state index in [0.29, 0.717) is 28.6 Å². The molecule has 142 valence electrons. The van der Waals surface area contributed by atoms with Crippen molar-refractivity contribution in [3.63, 3.8) is 0 Å². The number of nitrogens with zero attached hydrogens (tertiary/aromatic N) is 2. The van der Waals surface area contributed by atoms with Crippen LogP contribution in [0.15, 0.2) is 59.3 Å². The lowest BCUT2D eigenvalue weighted by atomic mass is 10.1. The van der Waals surface area contributed by atoms with Crippen LogP contribution in [0.5, 0.6) is 0 Å². The van der Waals surface area contributed by atoms with Crippen molar-refractivity contribution in [1.82, 2.24) is 9.78 Å². The molecule has 0 aliphatic heterocycles. The van der Waals surface area contributed by atoms with E-state index in [2.05, 4.69) is 10.4 Å². The highest BCUT2D eigenvalue weighted by molar-refractivity contribution is 6.31. The molecule has 0 aliphatic rings. The minimum absolute atomic E-state index is 0.228. The molecule has 0 bridgehead atoms. The zero-order valence-electron chi connectivity index (χ0n) is 14.4. The van der Waals surface area contributed by atoms with E-state index in [1.54, 1.807) is 41.4 Å². The van der Waals surface area contributed by atoms with Crippen molar-refractivity contribution in [3.05, 3.63) is 82.8 Å². The van der Waals surface area contributed by atoms with Gasteiger partial charge < -0.3 is 9.73 Å². The van der Waals surface area contributed by atoms with E-state index in [-0.39, 0.29) is 18.1 Å². The fraction of sp³-hybridized carbons (Fsp3) is 0.211. The van der Waals surface area contributed by atoms with Gasteiger partial charge in [-0.3, -0.25) is 4.68 Å². The Hall–Kier alpha value is -2.67.